The minimum atomic E-state index is 0.0344. The molecule has 1 amide bonds. The summed E-state index contributed by atoms with van der Waals surface area (Å²) < 4.78 is 7.41. The van der Waals surface area contributed by atoms with Crippen molar-refractivity contribution < 1.29 is 14.4 Å². The Hall–Kier alpha value is -1.47. The van der Waals surface area contributed by atoms with Gasteiger partial charge in [0.1, 0.15) is 6.04 Å². The van der Waals surface area contributed by atoms with Crippen molar-refractivity contribution in [2.45, 2.75) is 51.6 Å². The molecule has 1 aromatic rings. The molecule has 4 aliphatic rings. The van der Waals surface area contributed by atoms with Gasteiger partial charge in [-0.05, 0) is 5.92 Å². The predicted molar refractivity (Wildman–Crippen MR) is 96.8 cm³/mol. The summed E-state index contributed by atoms with van der Waals surface area (Å²) in [5.74, 6) is 1.09. The van der Waals surface area contributed by atoms with Crippen molar-refractivity contribution in [2.24, 2.45) is 11.8 Å². The lowest BCUT2D eigenvalue weighted by Crippen LogP contribution is -3.20. The van der Waals surface area contributed by atoms with Crippen LogP contribution in [0, 0.1) is 11.8 Å². The molecule has 4 saturated heterocycles. The molecule has 7 nitrogen and oxygen atoms in total. The SMILES string of the molecule is CC(C)(C)c1cn(C[C@H]2C[C@H]3CC[NH+]2C[C@@H]3C(=O)N2CCOCC2)nn1. The normalized spacial score (nSPS) is 32.0. The van der Waals surface area contributed by atoms with E-state index in [0.717, 1.165) is 38.3 Å². The van der Waals surface area contributed by atoms with E-state index >= 15 is 0 Å². The number of piperidine rings is 3. The molecule has 1 unspecified atom stereocenters. The van der Waals surface area contributed by atoms with Crippen LogP contribution in [0.4, 0.5) is 0 Å². The van der Waals surface area contributed by atoms with Crippen LogP contribution in [0.25, 0.3) is 0 Å². The number of quaternary nitrogens is 1. The zero-order chi connectivity index (χ0) is 18.3. The number of nitrogens with one attached hydrogen (secondary N) is 1. The summed E-state index contributed by atoms with van der Waals surface area (Å²) in [5, 5.41) is 8.70. The first kappa shape index (κ1) is 17.9. The molecule has 1 N–H and O–H groups in total. The number of carbonyl (C=O) groups is 1. The molecule has 144 valence electrons. The molecular weight excluding hydrogens is 330 g/mol. The second kappa shape index (κ2) is 6.93. The summed E-state index contributed by atoms with van der Waals surface area (Å²) in [4.78, 5) is 16.6. The van der Waals surface area contributed by atoms with Gasteiger partial charge >= 0.3 is 0 Å². The van der Waals surface area contributed by atoms with Crippen LogP contribution in [0.2, 0.25) is 0 Å². The first-order valence-electron chi connectivity index (χ1n) is 10.0. The van der Waals surface area contributed by atoms with E-state index in [1.165, 1.54) is 13.0 Å². The molecule has 0 aromatic carbocycles. The first-order valence-corrected chi connectivity index (χ1v) is 10.0. The van der Waals surface area contributed by atoms with Gasteiger partial charge < -0.3 is 14.5 Å². The molecule has 5 rings (SSSR count). The van der Waals surface area contributed by atoms with Gasteiger partial charge in [-0.15, -0.1) is 5.10 Å². The van der Waals surface area contributed by atoms with Gasteiger partial charge in [-0.1, -0.05) is 26.0 Å². The van der Waals surface area contributed by atoms with Gasteiger partial charge in [-0.25, -0.2) is 4.68 Å². The van der Waals surface area contributed by atoms with Crippen molar-refractivity contribution >= 4 is 5.91 Å². The molecule has 0 radical (unpaired) electrons. The van der Waals surface area contributed by atoms with Crippen LogP contribution < -0.4 is 4.90 Å². The number of aromatic nitrogens is 3. The molecular formula is C19H32N5O2+. The van der Waals surface area contributed by atoms with Crippen LogP contribution in [0.3, 0.4) is 0 Å². The first-order chi connectivity index (χ1) is 12.4. The maximum atomic E-state index is 13.0. The molecule has 4 fully saturated rings. The lowest BCUT2D eigenvalue weighted by atomic mass is 9.75. The van der Waals surface area contributed by atoms with Crippen LogP contribution in [0.5, 0.6) is 0 Å². The summed E-state index contributed by atoms with van der Waals surface area (Å²) in [6, 6.07) is 0.553. The fourth-order valence-corrected chi connectivity index (χ4v) is 4.78. The number of morpholine rings is 1. The Morgan fingerprint density at radius 2 is 2.12 bits per heavy atom. The van der Waals surface area contributed by atoms with E-state index in [1.54, 1.807) is 4.90 Å². The average Bonchev–Trinajstić information content (AvgIpc) is 3.11. The van der Waals surface area contributed by atoms with Crippen molar-refractivity contribution in [3.05, 3.63) is 11.9 Å². The molecule has 4 atom stereocenters. The van der Waals surface area contributed by atoms with Crippen molar-refractivity contribution in [1.29, 1.82) is 0 Å². The van der Waals surface area contributed by atoms with Gasteiger partial charge in [-0.2, -0.15) is 0 Å². The highest BCUT2D eigenvalue weighted by Crippen LogP contribution is 2.29. The maximum Gasteiger partial charge on any atom is 0.231 e. The predicted octanol–water partition coefficient (Wildman–Crippen LogP) is -0.272. The van der Waals surface area contributed by atoms with E-state index < -0.39 is 0 Å². The van der Waals surface area contributed by atoms with E-state index in [0.29, 0.717) is 31.1 Å². The van der Waals surface area contributed by atoms with Gasteiger partial charge in [0.2, 0.25) is 5.91 Å². The van der Waals surface area contributed by atoms with Crippen molar-refractivity contribution in [1.82, 2.24) is 19.9 Å². The molecule has 26 heavy (non-hydrogen) atoms. The van der Waals surface area contributed by atoms with Crippen LogP contribution in [0.15, 0.2) is 6.20 Å². The smallest absolute Gasteiger partial charge is 0.231 e. The number of hydrogen-bond acceptors (Lipinski definition) is 4. The van der Waals surface area contributed by atoms with Gasteiger partial charge in [-0.3, -0.25) is 4.79 Å². The Balaban J connectivity index is 1.39. The Kier molecular flexibility index (Phi) is 4.77. The van der Waals surface area contributed by atoms with Crippen molar-refractivity contribution in [2.75, 3.05) is 39.4 Å². The van der Waals surface area contributed by atoms with E-state index in [1.807, 2.05) is 9.58 Å². The third-order valence-corrected chi connectivity index (χ3v) is 6.41. The Labute approximate surface area is 155 Å². The topological polar surface area (TPSA) is 64.7 Å². The van der Waals surface area contributed by atoms with E-state index in [9.17, 15) is 4.79 Å². The van der Waals surface area contributed by atoms with Crippen LogP contribution in [-0.2, 0) is 21.5 Å². The second-order valence-corrected chi connectivity index (χ2v) is 9.21. The Morgan fingerprint density at radius 1 is 1.35 bits per heavy atom. The summed E-state index contributed by atoms with van der Waals surface area (Å²) in [5.41, 5.74) is 1.08. The summed E-state index contributed by atoms with van der Waals surface area (Å²) in [6.07, 6.45) is 4.40. The minimum absolute atomic E-state index is 0.0344. The van der Waals surface area contributed by atoms with Crippen LogP contribution in [-0.4, -0.2) is 71.2 Å². The maximum absolute atomic E-state index is 13.0. The molecule has 0 spiro atoms. The van der Waals surface area contributed by atoms with Gasteiger partial charge in [0.05, 0.1) is 44.5 Å². The summed E-state index contributed by atoms with van der Waals surface area (Å²) in [6.45, 7) is 12.5. The molecule has 1 aromatic heterocycles. The van der Waals surface area contributed by atoms with Crippen LogP contribution >= 0.6 is 0 Å². The fraction of sp³-hybridized carbons (Fsp3) is 0.842. The highest BCUT2D eigenvalue weighted by Gasteiger charge is 2.47. The number of fused-ring (bicyclic) bond motifs is 3. The zero-order valence-corrected chi connectivity index (χ0v) is 16.3. The zero-order valence-electron chi connectivity index (χ0n) is 16.3. The summed E-state index contributed by atoms with van der Waals surface area (Å²) >= 11 is 0. The number of hydrogen-bond donors (Lipinski definition) is 1. The highest BCUT2D eigenvalue weighted by atomic mass is 16.5. The minimum Gasteiger partial charge on any atom is -0.378 e. The fourth-order valence-electron chi connectivity index (χ4n) is 4.78. The second-order valence-electron chi connectivity index (χ2n) is 9.21. The highest BCUT2D eigenvalue weighted by molar-refractivity contribution is 5.79. The number of carbonyl (C=O) groups excluding carboxylic acids is 1. The molecule has 7 heteroatoms. The number of ether oxygens (including phenoxy) is 1. The van der Waals surface area contributed by atoms with Gasteiger partial charge in [0.15, 0.2) is 0 Å². The lowest BCUT2D eigenvalue weighted by Gasteiger charge is -2.47. The van der Waals surface area contributed by atoms with E-state index in [2.05, 4.69) is 37.3 Å². The lowest BCUT2D eigenvalue weighted by molar-refractivity contribution is -0.945. The van der Waals surface area contributed by atoms with Crippen molar-refractivity contribution in [3.63, 3.8) is 0 Å². The van der Waals surface area contributed by atoms with E-state index in [-0.39, 0.29) is 11.3 Å². The summed E-state index contributed by atoms with van der Waals surface area (Å²) in [7, 11) is 0. The quantitative estimate of drug-likeness (QED) is 0.804. The standard InChI is InChI=1S/C19H31N5O2/c1-19(2,3)17-13-24(21-20-17)11-15-10-14-4-5-23(15)12-16(14)18(25)22-6-8-26-9-7-22/h13-16H,4-12H2,1-3H3/p+1/t14-,15-,16+/m1/s1. The van der Waals surface area contributed by atoms with Gasteiger partial charge in [0.25, 0.3) is 0 Å². The largest absolute Gasteiger partial charge is 0.378 e. The van der Waals surface area contributed by atoms with Gasteiger partial charge in [0, 0.05) is 37.5 Å². The molecule has 0 aliphatic carbocycles. The molecule has 2 bridgehead atoms. The molecule has 5 heterocycles. The number of nitrogens with zero attached hydrogens (tertiary/aromatic N) is 4. The van der Waals surface area contributed by atoms with E-state index in [4.69, 9.17) is 4.74 Å². The van der Waals surface area contributed by atoms with Crippen LogP contribution in [0.1, 0.15) is 39.3 Å². The third kappa shape index (κ3) is 3.51. The molecule has 0 saturated carbocycles. The Morgan fingerprint density at radius 3 is 2.73 bits per heavy atom. The third-order valence-electron chi connectivity index (χ3n) is 6.41. The number of amides is 1. The average molecular weight is 362 g/mol. The van der Waals surface area contributed by atoms with Crippen molar-refractivity contribution in [3.8, 4) is 0 Å². The monoisotopic (exact) mass is 362 g/mol. The Bertz CT molecular complexity index is 647. The molecule has 4 aliphatic heterocycles. The number of rotatable bonds is 3.